The van der Waals surface area contributed by atoms with Crippen LogP contribution in [0.4, 0.5) is 0 Å². The number of carbonyl (C=O) groups excluding carboxylic acids is 1. The van der Waals surface area contributed by atoms with E-state index in [1.807, 2.05) is 35.2 Å². The lowest BCUT2D eigenvalue weighted by Gasteiger charge is -2.34. The zero-order valence-corrected chi connectivity index (χ0v) is 19.2. The van der Waals surface area contributed by atoms with Gasteiger partial charge in [0.05, 0.1) is 17.3 Å². The number of amides is 1. The van der Waals surface area contributed by atoms with Gasteiger partial charge in [0.1, 0.15) is 5.82 Å². The van der Waals surface area contributed by atoms with Crippen LogP contribution in [0.25, 0.3) is 5.69 Å². The average molecular weight is 461 g/mol. The van der Waals surface area contributed by atoms with Gasteiger partial charge >= 0.3 is 0 Å². The number of carbonyl (C=O) groups is 1. The van der Waals surface area contributed by atoms with E-state index >= 15 is 0 Å². The standard InChI is InChI=1S/C22H28N4O3S2/c27-20(25(17-8-4-5-9-17)19-12-13-31(28,29)15-19)14-30-22-24-23-21(16-10-11-16)26(22)18-6-2-1-3-7-18/h1-3,6-7,16-17,19H,4-5,8-15H2. The zero-order chi connectivity index (χ0) is 21.4. The molecule has 1 unspecified atom stereocenters. The minimum atomic E-state index is -3.04. The molecule has 1 saturated heterocycles. The molecule has 1 amide bonds. The van der Waals surface area contributed by atoms with Gasteiger partial charge in [-0.05, 0) is 44.2 Å². The van der Waals surface area contributed by atoms with E-state index < -0.39 is 9.84 Å². The number of aromatic nitrogens is 3. The van der Waals surface area contributed by atoms with E-state index in [0.29, 0.717) is 12.3 Å². The third-order valence-electron chi connectivity index (χ3n) is 6.55. The molecule has 0 spiro atoms. The fourth-order valence-corrected chi connectivity index (χ4v) is 7.42. The number of sulfone groups is 1. The fraction of sp³-hybridized carbons (Fsp3) is 0.591. The Morgan fingerprint density at radius 2 is 1.77 bits per heavy atom. The van der Waals surface area contributed by atoms with Gasteiger partial charge in [-0.3, -0.25) is 9.36 Å². The summed E-state index contributed by atoms with van der Waals surface area (Å²) in [4.78, 5) is 15.3. The lowest BCUT2D eigenvalue weighted by atomic mass is 10.1. The third-order valence-corrected chi connectivity index (χ3v) is 9.21. The molecular weight excluding hydrogens is 432 g/mol. The summed E-state index contributed by atoms with van der Waals surface area (Å²) in [7, 11) is -3.04. The Hall–Kier alpha value is -1.87. The highest BCUT2D eigenvalue weighted by Gasteiger charge is 2.39. The van der Waals surface area contributed by atoms with Crippen LogP contribution < -0.4 is 0 Å². The smallest absolute Gasteiger partial charge is 0.233 e. The molecule has 5 rings (SSSR count). The molecular formula is C22H28N4O3S2. The maximum Gasteiger partial charge on any atom is 0.233 e. The molecule has 2 aromatic rings. The predicted molar refractivity (Wildman–Crippen MR) is 120 cm³/mol. The second kappa shape index (κ2) is 8.58. The number of thioether (sulfide) groups is 1. The lowest BCUT2D eigenvalue weighted by Crippen LogP contribution is -2.47. The number of hydrogen-bond donors (Lipinski definition) is 0. The summed E-state index contributed by atoms with van der Waals surface area (Å²) in [5.41, 5.74) is 1.01. The Kier molecular flexibility index (Phi) is 5.81. The van der Waals surface area contributed by atoms with Gasteiger partial charge in [0, 0.05) is 23.7 Å². The van der Waals surface area contributed by atoms with E-state index in [-0.39, 0.29) is 35.2 Å². The molecule has 31 heavy (non-hydrogen) atoms. The summed E-state index contributed by atoms with van der Waals surface area (Å²) in [6.45, 7) is 0. The van der Waals surface area contributed by atoms with Crippen LogP contribution in [0.3, 0.4) is 0 Å². The SMILES string of the molecule is O=C(CSc1nnc(C2CC2)n1-c1ccccc1)N(C1CCCC1)C1CCS(=O)(=O)C1. The normalized spacial score (nSPS) is 23.3. The van der Waals surface area contributed by atoms with Gasteiger partial charge in [0.2, 0.25) is 5.91 Å². The molecule has 3 fully saturated rings. The maximum atomic E-state index is 13.4. The van der Waals surface area contributed by atoms with Crippen LogP contribution in [0, 0.1) is 0 Å². The first-order valence-electron chi connectivity index (χ1n) is 11.2. The van der Waals surface area contributed by atoms with Crippen molar-refractivity contribution < 1.29 is 13.2 Å². The molecule has 1 atom stereocenters. The topological polar surface area (TPSA) is 85.2 Å². The molecule has 2 aliphatic carbocycles. The Morgan fingerprint density at radius 3 is 2.42 bits per heavy atom. The quantitative estimate of drug-likeness (QED) is 0.590. The van der Waals surface area contributed by atoms with Crippen molar-refractivity contribution in [1.82, 2.24) is 19.7 Å². The molecule has 166 valence electrons. The fourth-order valence-electron chi connectivity index (χ4n) is 4.88. The van der Waals surface area contributed by atoms with E-state index in [2.05, 4.69) is 14.8 Å². The second-order valence-corrected chi connectivity index (χ2v) is 12.0. The van der Waals surface area contributed by atoms with Crippen molar-refractivity contribution >= 4 is 27.5 Å². The third kappa shape index (κ3) is 4.53. The molecule has 2 heterocycles. The Labute approximate surface area is 187 Å². The number of hydrogen-bond acceptors (Lipinski definition) is 6. The summed E-state index contributed by atoms with van der Waals surface area (Å²) in [6, 6.07) is 10.0. The Morgan fingerprint density at radius 1 is 1.03 bits per heavy atom. The number of rotatable bonds is 7. The van der Waals surface area contributed by atoms with Crippen molar-refractivity contribution in [3.63, 3.8) is 0 Å². The van der Waals surface area contributed by atoms with Gasteiger partial charge in [-0.25, -0.2) is 8.42 Å². The maximum absolute atomic E-state index is 13.4. The van der Waals surface area contributed by atoms with Gasteiger partial charge in [0.15, 0.2) is 15.0 Å². The van der Waals surface area contributed by atoms with Crippen LogP contribution in [-0.4, -0.2) is 63.3 Å². The van der Waals surface area contributed by atoms with E-state index in [4.69, 9.17) is 0 Å². The summed E-state index contributed by atoms with van der Waals surface area (Å²) in [5.74, 6) is 1.98. The summed E-state index contributed by atoms with van der Waals surface area (Å²) < 4.78 is 26.2. The van der Waals surface area contributed by atoms with E-state index in [1.165, 1.54) is 11.8 Å². The molecule has 1 aromatic heterocycles. The van der Waals surface area contributed by atoms with Crippen LogP contribution >= 0.6 is 11.8 Å². The average Bonchev–Trinajstić information content (AvgIpc) is 3.14. The predicted octanol–water partition coefficient (Wildman–Crippen LogP) is 3.20. The van der Waals surface area contributed by atoms with E-state index in [1.54, 1.807) is 0 Å². The lowest BCUT2D eigenvalue weighted by molar-refractivity contribution is -0.132. The van der Waals surface area contributed by atoms with Crippen LogP contribution in [-0.2, 0) is 14.6 Å². The first kappa shape index (κ1) is 21.0. The number of para-hydroxylation sites is 1. The second-order valence-electron chi connectivity index (χ2n) is 8.87. The molecule has 1 aliphatic heterocycles. The van der Waals surface area contributed by atoms with Crippen molar-refractivity contribution in [2.24, 2.45) is 0 Å². The number of benzene rings is 1. The number of nitrogens with zero attached hydrogens (tertiary/aromatic N) is 4. The van der Waals surface area contributed by atoms with Crippen molar-refractivity contribution in [3.05, 3.63) is 36.2 Å². The molecule has 3 aliphatic rings. The highest BCUT2D eigenvalue weighted by molar-refractivity contribution is 7.99. The molecule has 0 N–H and O–H groups in total. The Bertz CT molecular complexity index is 1040. The molecule has 7 nitrogen and oxygen atoms in total. The first-order valence-corrected chi connectivity index (χ1v) is 14.0. The van der Waals surface area contributed by atoms with Gasteiger partial charge in [-0.2, -0.15) is 0 Å². The highest BCUT2D eigenvalue weighted by Crippen LogP contribution is 2.41. The van der Waals surface area contributed by atoms with Crippen LogP contribution in [0.15, 0.2) is 35.5 Å². The van der Waals surface area contributed by atoms with Gasteiger partial charge in [-0.15, -0.1) is 10.2 Å². The van der Waals surface area contributed by atoms with Crippen molar-refractivity contribution in [1.29, 1.82) is 0 Å². The minimum absolute atomic E-state index is 0.0228. The minimum Gasteiger partial charge on any atom is -0.335 e. The summed E-state index contributed by atoms with van der Waals surface area (Å²) in [5, 5.41) is 9.58. The van der Waals surface area contributed by atoms with Crippen molar-refractivity contribution in [2.75, 3.05) is 17.3 Å². The van der Waals surface area contributed by atoms with Crippen LogP contribution in [0.2, 0.25) is 0 Å². The highest BCUT2D eigenvalue weighted by atomic mass is 32.2. The van der Waals surface area contributed by atoms with Crippen molar-refractivity contribution in [3.8, 4) is 5.69 Å². The first-order chi connectivity index (χ1) is 15.0. The molecule has 9 heteroatoms. The van der Waals surface area contributed by atoms with Gasteiger partial charge in [0.25, 0.3) is 0 Å². The summed E-state index contributed by atoms with van der Waals surface area (Å²) >= 11 is 1.41. The molecule has 0 radical (unpaired) electrons. The van der Waals surface area contributed by atoms with Crippen LogP contribution in [0.5, 0.6) is 0 Å². The molecule has 1 aromatic carbocycles. The summed E-state index contributed by atoms with van der Waals surface area (Å²) in [6.07, 6.45) is 6.96. The van der Waals surface area contributed by atoms with Gasteiger partial charge in [-0.1, -0.05) is 42.8 Å². The van der Waals surface area contributed by atoms with Gasteiger partial charge < -0.3 is 4.90 Å². The Balaban J connectivity index is 1.35. The monoisotopic (exact) mass is 460 g/mol. The molecule has 0 bridgehead atoms. The molecule has 2 saturated carbocycles. The van der Waals surface area contributed by atoms with Crippen molar-refractivity contribution in [2.45, 2.75) is 68.1 Å². The van der Waals surface area contributed by atoms with E-state index in [0.717, 1.165) is 55.2 Å². The van der Waals surface area contributed by atoms with E-state index in [9.17, 15) is 13.2 Å². The largest absolute Gasteiger partial charge is 0.335 e. The van der Waals surface area contributed by atoms with Crippen LogP contribution in [0.1, 0.15) is 56.7 Å². The zero-order valence-electron chi connectivity index (χ0n) is 17.5.